The van der Waals surface area contributed by atoms with Crippen LogP contribution >= 0.6 is 12.6 Å². The molecule has 1 heterocycles. The van der Waals surface area contributed by atoms with Crippen molar-refractivity contribution in [3.05, 3.63) is 112 Å². The molecule has 38 heavy (non-hydrogen) atoms. The number of aromatic nitrogens is 1. The van der Waals surface area contributed by atoms with Gasteiger partial charge < -0.3 is 18.9 Å². The maximum Gasteiger partial charge on any atom is 0.272 e. The van der Waals surface area contributed by atoms with E-state index < -0.39 is 5.91 Å². The van der Waals surface area contributed by atoms with Crippen molar-refractivity contribution in [1.82, 2.24) is 4.68 Å². The van der Waals surface area contributed by atoms with Crippen LogP contribution in [0, 0.1) is 0 Å². The van der Waals surface area contributed by atoms with Crippen molar-refractivity contribution in [2.24, 2.45) is 0 Å². The molecule has 0 bridgehead atoms. The Kier molecular flexibility index (Phi) is 8.60. The lowest BCUT2D eigenvalue weighted by atomic mass is 10.1. The van der Waals surface area contributed by atoms with Crippen molar-refractivity contribution in [1.29, 1.82) is 0 Å². The highest BCUT2D eigenvalue weighted by Crippen LogP contribution is 2.31. The minimum Gasteiger partial charge on any atom is -0.497 e. The molecule has 4 aromatic rings. The van der Waals surface area contributed by atoms with Gasteiger partial charge in [-0.2, -0.15) is 0 Å². The summed E-state index contributed by atoms with van der Waals surface area (Å²) in [5.74, 6) is 1.98. The molecule has 0 atom stereocenters. The zero-order valence-electron chi connectivity index (χ0n) is 21.3. The summed E-state index contributed by atoms with van der Waals surface area (Å²) >= 11 is 4.18. The summed E-state index contributed by atoms with van der Waals surface area (Å²) in [6.07, 6.45) is 1.50. The zero-order valence-corrected chi connectivity index (χ0v) is 22.2. The molecule has 4 rings (SSSR count). The van der Waals surface area contributed by atoms with Crippen molar-refractivity contribution >= 4 is 18.5 Å². The maximum absolute atomic E-state index is 13.3. The Morgan fingerprint density at radius 3 is 1.87 bits per heavy atom. The summed E-state index contributed by atoms with van der Waals surface area (Å²) in [5, 5.41) is 1.23. The molecule has 0 spiro atoms. The third-order valence-electron chi connectivity index (χ3n) is 5.80. The summed E-state index contributed by atoms with van der Waals surface area (Å²) in [4.78, 5) is 26.1. The van der Waals surface area contributed by atoms with Crippen molar-refractivity contribution in [2.45, 2.75) is 18.1 Å². The van der Waals surface area contributed by atoms with Gasteiger partial charge >= 0.3 is 0 Å². The number of nitrogens with zero attached hydrogens (tertiary/aromatic N) is 2. The Balaban J connectivity index is 1.58. The molecule has 0 saturated carbocycles. The number of benzene rings is 3. The lowest BCUT2D eigenvalue weighted by molar-refractivity contribution is 0.0965. The largest absolute Gasteiger partial charge is 0.497 e. The Morgan fingerprint density at radius 2 is 1.34 bits per heavy atom. The third kappa shape index (κ3) is 6.49. The van der Waals surface area contributed by atoms with E-state index in [0.29, 0.717) is 28.6 Å². The molecule has 0 unspecified atom stereocenters. The van der Waals surface area contributed by atoms with Crippen molar-refractivity contribution < 1.29 is 23.7 Å². The molecule has 3 aromatic carbocycles. The van der Waals surface area contributed by atoms with Crippen LogP contribution in [0.5, 0.6) is 23.0 Å². The number of carbonyl (C=O) groups excluding carboxylic acids is 1. The van der Waals surface area contributed by atoms with E-state index in [9.17, 15) is 9.59 Å². The average Bonchev–Trinajstić information content (AvgIpc) is 2.95. The molecule has 1 aromatic heterocycles. The number of ether oxygens (including phenoxy) is 4. The van der Waals surface area contributed by atoms with Crippen molar-refractivity contribution in [2.75, 3.05) is 26.3 Å². The molecular weight excluding hydrogens is 504 g/mol. The van der Waals surface area contributed by atoms with Crippen LogP contribution in [-0.4, -0.2) is 31.9 Å². The fourth-order valence-corrected chi connectivity index (χ4v) is 3.81. The van der Waals surface area contributed by atoms with Crippen LogP contribution in [0.4, 0.5) is 0 Å². The van der Waals surface area contributed by atoms with Gasteiger partial charge in [-0.1, -0.05) is 24.3 Å². The number of amides is 1. The fraction of sp³-hybridized carbons (Fsp3) is 0.172. The molecule has 0 N–H and O–H groups in total. The third-order valence-corrected chi connectivity index (χ3v) is 6.08. The fourth-order valence-electron chi connectivity index (χ4n) is 3.63. The van der Waals surface area contributed by atoms with Crippen molar-refractivity contribution in [3.63, 3.8) is 0 Å². The quantitative estimate of drug-likeness (QED) is 0.298. The number of methoxy groups -OCH3 is 2. The molecule has 9 heteroatoms. The summed E-state index contributed by atoms with van der Waals surface area (Å²) in [7, 11) is 4.75. The van der Waals surface area contributed by atoms with Crippen LogP contribution < -0.4 is 29.5 Å². The average molecular weight is 533 g/mol. The minimum atomic E-state index is -0.394. The highest BCUT2D eigenvalue weighted by molar-refractivity contribution is 7.80. The molecule has 0 saturated heterocycles. The molecule has 1 amide bonds. The van der Waals surface area contributed by atoms with Gasteiger partial charge in [0.2, 0.25) is 0 Å². The molecule has 0 radical (unpaired) electrons. The SMILES string of the molecule is COc1ccc(COc2ccc(C(=O)N(C)n3ccc(S)cc3=O)cc2OCc2ccc(OC)cc2)cc1. The second-order valence-corrected chi connectivity index (χ2v) is 8.85. The monoisotopic (exact) mass is 532 g/mol. The Hall–Kier alpha value is -4.37. The smallest absolute Gasteiger partial charge is 0.272 e. The lowest BCUT2D eigenvalue weighted by Gasteiger charge is -2.20. The Labute approximate surface area is 226 Å². The number of hydrogen-bond acceptors (Lipinski definition) is 7. The van der Waals surface area contributed by atoms with Gasteiger partial charge in [-0.25, -0.2) is 9.69 Å². The van der Waals surface area contributed by atoms with Crippen LogP contribution in [0.3, 0.4) is 0 Å². The normalized spacial score (nSPS) is 10.5. The molecule has 0 aliphatic rings. The molecular formula is C29H28N2O6S. The van der Waals surface area contributed by atoms with E-state index in [1.54, 1.807) is 38.5 Å². The second kappa shape index (κ2) is 12.2. The summed E-state index contributed by atoms with van der Waals surface area (Å²) in [6.45, 7) is 0.542. The molecule has 196 valence electrons. The van der Waals surface area contributed by atoms with Crippen LogP contribution in [0.15, 0.2) is 94.7 Å². The predicted octanol–water partition coefficient (Wildman–Crippen LogP) is 4.72. The van der Waals surface area contributed by atoms with E-state index in [1.165, 1.54) is 29.0 Å². The first-order valence-corrected chi connectivity index (χ1v) is 12.2. The molecule has 0 aliphatic heterocycles. The predicted molar refractivity (Wildman–Crippen MR) is 148 cm³/mol. The minimum absolute atomic E-state index is 0.249. The maximum atomic E-state index is 13.3. The van der Waals surface area contributed by atoms with Gasteiger partial charge in [0.1, 0.15) is 24.7 Å². The first kappa shape index (κ1) is 26.7. The van der Waals surface area contributed by atoms with Gasteiger partial charge in [-0.3, -0.25) is 9.59 Å². The number of thiol groups is 1. The summed E-state index contributed by atoms with van der Waals surface area (Å²) < 4.78 is 23.8. The first-order chi connectivity index (χ1) is 18.4. The van der Waals surface area contributed by atoms with E-state index >= 15 is 0 Å². The van der Waals surface area contributed by atoms with Crippen LogP contribution in [0.25, 0.3) is 0 Å². The lowest BCUT2D eigenvalue weighted by Crippen LogP contribution is -2.42. The van der Waals surface area contributed by atoms with Crippen LogP contribution in [0.2, 0.25) is 0 Å². The second-order valence-electron chi connectivity index (χ2n) is 8.33. The summed E-state index contributed by atoms with van der Waals surface area (Å²) in [5.41, 5.74) is 1.82. The van der Waals surface area contributed by atoms with Crippen LogP contribution in [-0.2, 0) is 13.2 Å². The number of rotatable bonds is 10. The summed E-state index contributed by atoms with van der Waals surface area (Å²) in [6, 6.07) is 23.0. The number of hydrogen-bond donors (Lipinski definition) is 1. The van der Waals surface area contributed by atoms with E-state index in [0.717, 1.165) is 22.6 Å². The van der Waals surface area contributed by atoms with Gasteiger partial charge in [0.05, 0.1) is 14.2 Å². The Bertz CT molecular complexity index is 1450. The van der Waals surface area contributed by atoms with E-state index in [1.807, 2.05) is 48.5 Å². The van der Waals surface area contributed by atoms with Gasteiger partial charge in [0.15, 0.2) is 11.5 Å². The van der Waals surface area contributed by atoms with E-state index in [2.05, 4.69) is 12.6 Å². The molecule has 0 aliphatic carbocycles. The zero-order chi connectivity index (χ0) is 27.1. The van der Waals surface area contributed by atoms with E-state index in [4.69, 9.17) is 18.9 Å². The van der Waals surface area contributed by atoms with Gasteiger partial charge in [0.25, 0.3) is 11.5 Å². The topological polar surface area (TPSA) is 79.2 Å². The first-order valence-electron chi connectivity index (χ1n) is 11.7. The highest BCUT2D eigenvalue weighted by atomic mass is 32.1. The molecule has 8 nitrogen and oxygen atoms in total. The number of pyridine rings is 1. The van der Waals surface area contributed by atoms with Gasteiger partial charge in [0, 0.05) is 29.8 Å². The van der Waals surface area contributed by atoms with Gasteiger partial charge in [-0.05, 0) is 59.7 Å². The van der Waals surface area contributed by atoms with Crippen LogP contribution in [0.1, 0.15) is 21.5 Å². The molecule has 0 fully saturated rings. The van der Waals surface area contributed by atoms with E-state index in [-0.39, 0.29) is 12.2 Å². The standard InChI is InChI=1S/C29H28N2O6S/c1-30(31-15-14-25(38)17-28(31)32)29(33)22-8-13-26(36-18-20-4-9-23(34-2)10-5-20)27(16-22)37-19-21-6-11-24(35-3)12-7-21/h4-17,38H,18-19H2,1-3H3. The van der Waals surface area contributed by atoms with Gasteiger partial charge in [-0.15, -0.1) is 12.6 Å². The highest BCUT2D eigenvalue weighted by Gasteiger charge is 2.18. The Morgan fingerprint density at radius 1 is 0.789 bits per heavy atom. The number of carbonyl (C=O) groups is 1. The van der Waals surface area contributed by atoms with Crippen molar-refractivity contribution in [3.8, 4) is 23.0 Å².